The Hall–Kier alpha value is -1.06. The normalized spacial score (nSPS) is 23.6. The van der Waals surface area contributed by atoms with E-state index in [0.29, 0.717) is 11.4 Å². The molecule has 1 unspecified atom stereocenters. The van der Waals surface area contributed by atoms with Gasteiger partial charge in [0.1, 0.15) is 5.54 Å². The maximum Gasteiger partial charge on any atom is 0.326 e. The van der Waals surface area contributed by atoms with E-state index in [2.05, 4.69) is 5.32 Å². The van der Waals surface area contributed by atoms with Gasteiger partial charge >= 0.3 is 5.97 Å². The number of hydrogen-bond acceptors (Lipinski definition) is 3. The Kier molecular flexibility index (Phi) is 3.69. The molecule has 3 nitrogen and oxygen atoms in total. The smallest absolute Gasteiger partial charge is 0.326 e. The molecule has 1 atom stereocenters. The van der Waals surface area contributed by atoms with Crippen molar-refractivity contribution in [1.82, 2.24) is 5.32 Å². The highest BCUT2D eigenvalue weighted by Gasteiger charge is 2.41. The van der Waals surface area contributed by atoms with Crippen LogP contribution in [-0.4, -0.2) is 25.2 Å². The van der Waals surface area contributed by atoms with Crippen LogP contribution in [0.1, 0.15) is 18.4 Å². The van der Waals surface area contributed by atoms with E-state index in [1.165, 1.54) is 7.11 Å². The van der Waals surface area contributed by atoms with Gasteiger partial charge in [0.2, 0.25) is 0 Å². The van der Waals surface area contributed by atoms with Crippen LogP contribution in [0.25, 0.3) is 0 Å². The van der Waals surface area contributed by atoms with Crippen molar-refractivity contribution in [2.45, 2.75) is 24.8 Å². The van der Waals surface area contributed by atoms with Crippen molar-refractivity contribution in [3.05, 3.63) is 34.9 Å². The number of methoxy groups -OCH3 is 1. The van der Waals surface area contributed by atoms with Gasteiger partial charge in [-0.15, -0.1) is 0 Å². The summed E-state index contributed by atoms with van der Waals surface area (Å²) in [6, 6.07) is 7.61. The molecule has 2 rings (SSSR count). The summed E-state index contributed by atoms with van der Waals surface area (Å²) in [4.78, 5) is 11.9. The van der Waals surface area contributed by atoms with E-state index in [9.17, 15) is 4.79 Å². The fraction of sp³-hybridized carbons (Fsp3) is 0.462. The van der Waals surface area contributed by atoms with Crippen molar-refractivity contribution in [2.24, 2.45) is 0 Å². The van der Waals surface area contributed by atoms with Crippen LogP contribution in [-0.2, 0) is 16.0 Å². The molecule has 0 aromatic heterocycles. The molecule has 0 aliphatic carbocycles. The third kappa shape index (κ3) is 2.61. The Bertz CT molecular complexity index is 414. The van der Waals surface area contributed by atoms with Crippen molar-refractivity contribution in [1.29, 1.82) is 0 Å². The van der Waals surface area contributed by atoms with Gasteiger partial charge in [-0.1, -0.05) is 23.7 Å². The van der Waals surface area contributed by atoms with Crippen molar-refractivity contribution in [2.75, 3.05) is 13.7 Å². The lowest BCUT2D eigenvalue weighted by atomic mass is 9.89. The van der Waals surface area contributed by atoms with Crippen molar-refractivity contribution in [3.8, 4) is 0 Å². The molecule has 1 aliphatic heterocycles. The van der Waals surface area contributed by atoms with Crippen LogP contribution in [0.15, 0.2) is 24.3 Å². The minimum Gasteiger partial charge on any atom is -0.468 e. The summed E-state index contributed by atoms with van der Waals surface area (Å²) in [6.45, 7) is 0.857. The molecule has 0 saturated carbocycles. The monoisotopic (exact) mass is 253 g/mol. The van der Waals surface area contributed by atoms with E-state index < -0.39 is 5.54 Å². The zero-order valence-electron chi connectivity index (χ0n) is 9.83. The van der Waals surface area contributed by atoms with Crippen LogP contribution in [0.3, 0.4) is 0 Å². The lowest BCUT2D eigenvalue weighted by molar-refractivity contribution is -0.148. The lowest BCUT2D eigenvalue weighted by Gasteiger charge is -2.26. The molecule has 0 bridgehead atoms. The number of halogens is 1. The van der Waals surface area contributed by atoms with Crippen LogP contribution >= 0.6 is 11.6 Å². The highest BCUT2D eigenvalue weighted by Crippen LogP contribution is 2.26. The lowest BCUT2D eigenvalue weighted by Crippen LogP contribution is -2.50. The minimum absolute atomic E-state index is 0.185. The number of hydrogen-bond donors (Lipinski definition) is 1. The molecule has 1 heterocycles. The summed E-state index contributed by atoms with van der Waals surface area (Å²) in [7, 11) is 1.43. The molecule has 1 aromatic rings. The molecule has 0 radical (unpaired) electrons. The number of carbonyl (C=O) groups excluding carboxylic acids is 1. The number of rotatable bonds is 3. The van der Waals surface area contributed by atoms with Gasteiger partial charge in [-0.3, -0.25) is 4.79 Å². The first-order chi connectivity index (χ1) is 8.16. The van der Waals surface area contributed by atoms with E-state index in [0.717, 1.165) is 24.9 Å². The molecule has 4 heteroatoms. The number of benzene rings is 1. The second-order valence-corrected chi connectivity index (χ2v) is 4.85. The molecule has 0 amide bonds. The third-order valence-electron chi connectivity index (χ3n) is 3.21. The first kappa shape index (κ1) is 12.4. The summed E-state index contributed by atoms with van der Waals surface area (Å²) in [5, 5.41) is 3.97. The Morgan fingerprint density at radius 2 is 2.41 bits per heavy atom. The molecule has 1 fully saturated rings. The van der Waals surface area contributed by atoms with E-state index in [-0.39, 0.29) is 5.97 Å². The van der Waals surface area contributed by atoms with E-state index in [1.807, 2.05) is 24.3 Å². The second kappa shape index (κ2) is 5.07. The SMILES string of the molecule is COC(=O)C1(Cc2cccc(Cl)c2)CCCN1. The van der Waals surface area contributed by atoms with Crippen molar-refractivity contribution in [3.63, 3.8) is 0 Å². The van der Waals surface area contributed by atoms with E-state index >= 15 is 0 Å². The summed E-state index contributed by atoms with van der Waals surface area (Å²) >= 11 is 5.95. The van der Waals surface area contributed by atoms with Gasteiger partial charge in [0.25, 0.3) is 0 Å². The van der Waals surface area contributed by atoms with Crippen molar-refractivity contribution < 1.29 is 9.53 Å². The van der Waals surface area contributed by atoms with Gasteiger partial charge in [0, 0.05) is 11.4 Å². The van der Waals surface area contributed by atoms with Crippen LogP contribution in [0.2, 0.25) is 5.02 Å². The zero-order chi connectivity index (χ0) is 12.3. The number of nitrogens with one attached hydrogen (secondary N) is 1. The molecule has 1 saturated heterocycles. The number of esters is 1. The summed E-state index contributed by atoms with van der Waals surface area (Å²) in [5.74, 6) is -0.185. The Morgan fingerprint density at radius 1 is 1.59 bits per heavy atom. The molecule has 1 aromatic carbocycles. The van der Waals surface area contributed by atoms with E-state index in [1.54, 1.807) is 0 Å². The maximum absolute atomic E-state index is 11.9. The molecule has 92 valence electrons. The molecule has 0 spiro atoms. The predicted molar refractivity (Wildman–Crippen MR) is 67.1 cm³/mol. The first-order valence-electron chi connectivity index (χ1n) is 5.74. The van der Waals surface area contributed by atoms with Gasteiger partial charge in [0.05, 0.1) is 7.11 Å². The summed E-state index contributed by atoms with van der Waals surface area (Å²) < 4.78 is 4.91. The number of ether oxygens (including phenoxy) is 1. The van der Waals surface area contributed by atoms with Gasteiger partial charge < -0.3 is 10.1 Å². The topological polar surface area (TPSA) is 38.3 Å². The largest absolute Gasteiger partial charge is 0.468 e. The quantitative estimate of drug-likeness (QED) is 0.840. The highest BCUT2D eigenvalue weighted by atomic mass is 35.5. The van der Waals surface area contributed by atoms with Crippen LogP contribution in [0, 0.1) is 0 Å². The van der Waals surface area contributed by atoms with Gasteiger partial charge in [-0.2, -0.15) is 0 Å². The van der Waals surface area contributed by atoms with Crippen LogP contribution in [0.4, 0.5) is 0 Å². The minimum atomic E-state index is -0.570. The summed E-state index contributed by atoms with van der Waals surface area (Å²) in [5.41, 5.74) is 0.483. The molecule has 1 aliphatic rings. The van der Waals surface area contributed by atoms with Gasteiger partial charge in [0.15, 0.2) is 0 Å². The average molecular weight is 254 g/mol. The van der Waals surface area contributed by atoms with Crippen LogP contribution < -0.4 is 5.32 Å². The second-order valence-electron chi connectivity index (χ2n) is 4.41. The maximum atomic E-state index is 11.9. The van der Waals surface area contributed by atoms with Crippen molar-refractivity contribution >= 4 is 17.6 Å². The average Bonchev–Trinajstić information content (AvgIpc) is 2.78. The third-order valence-corrected chi connectivity index (χ3v) is 3.45. The van der Waals surface area contributed by atoms with Crippen LogP contribution in [0.5, 0.6) is 0 Å². The first-order valence-corrected chi connectivity index (χ1v) is 6.12. The Balaban J connectivity index is 2.21. The predicted octanol–water partition coefficient (Wildman–Crippen LogP) is 2.18. The Labute approximate surface area is 106 Å². The zero-order valence-corrected chi connectivity index (χ0v) is 10.6. The standard InChI is InChI=1S/C13H16ClNO2/c1-17-12(16)13(6-3-7-15-13)9-10-4-2-5-11(14)8-10/h2,4-5,8,15H,3,6-7,9H2,1H3. The molecule has 17 heavy (non-hydrogen) atoms. The molecule has 1 N–H and O–H groups in total. The fourth-order valence-electron chi connectivity index (χ4n) is 2.39. The molecular weight excluding hydrogens is 238 g/mol. The fourth-order valence-corrected chi connectivity index (χ4v) is 2.61. The van der Waals surface area contributed by atoms with Gasteiger partial charge in [-0.25, -0.2) is 0 Å². The highest BCUT2D eigenvalue weighted by molar-refractivity contribution is 6.30. The van der Waals surface area contributed by atoms with E-state index in [4.69, 9.17) is 16.3 Å². The summed E-state index contributed by atoms with van der Waals surface area (Å²) in [6.07, 6.45) is 2.43. The van der Waals surface area contributed by atoms with Gasteiger partial charge in [-0.05, 0) is 37.1 Å². The Morgan fingerprint density at radius 3 is 3.00 bits per heavy atom. The molecular formula is C13H16ClNO2. The number of carbonyl (C=O) groups is 1.